The van der Waals surface area contributed by atoms with E-state index >= 15 is 0 Å². The van der Waals surface area contributed by atoms with Crippen molar-refractivity contribution in [2.45, 2.75) is 26.0 Å². The first-order chi connectivity index (χ1) is 13.4. The van der Waals surface area contributed by atoms with Crippen molar-refractivity contribution in [2.75, 3.05) is 5.32 Å². The molecule has 0 spiro atoms. The highest BCUT2D eigenvalue weighted by atomic mass is 35.5. The Balaban J connectivity index is 1.58. The molecule has 0 aliphatic carbocycles. The van der Waals surface area contributed by atoms with Gasteiger partial charge in [0.1, 0.15) is 11.1 Å². The van der Waals surface area contributed by atoms with Gasteiger partial charge in [-0.25, -0.2) is 4.79 Å². The Hall–Kier alpha value is -3.09. The van der Waals surface area contributed by atoms with E-state index in [9.17, 15) is 14.4 Å². The molecule has 2 aromatic heterocycles. The van der Waals surface area contributed by atoms with Crippen molar-refractivity contribution in [1.82, 2.24) is 4.57 Å². The molecule has 2 heterocycles. The van der Waals surface area contributed by atoms with Gasteiger partial charge in [0.05, 0.1) is 17.5 Å². The third-order valence-electron chi connectivity index (χ3n) is 3.87. The molecule has 0 saturated carbocycles. The van der Waals surface area contributed by atoms with E-state index in [4.69, 9.17) is 26.0 Å². The topological polar surface area (TPSA) is 114 Å². The second-order valence-corrected chi connectivity index (χ2v) is 7.13. The van der Waals surface area contributed by atoms with Gasteiger partial charge in [-0.1, -0.05) is 11.6 Å². The number of ether oxygens (including phenoxy) is 1. The molecule has 0 bridgehead atoms. The summed E-state index contributed by atoms with van der Waals surface area (Å²) in [5, 5.41) is 14.0. The van der Waals surface area contributed by atoms with Gasteiger partial charge >= 0.3 is 11.7 Å². The highest BCUT2D eigenvalue weighted by molar-refractivity contribution is 7.14. The molecule has 28 heavy (non-hydrogen) atoms. The Morgan fingerprint density at radius 2 is 2.21 bits per heavy atom. The highest BCUT2D eigenvalue weighted by Gasteiger charge is 2.20. The molecule has 1 amide bonds. The van der Waals surface area contributed by atoms with Crippen molar-refractivity contribution < 1.29 is 18.7 Å². The van der Waals surface area contributed by atoms with Crippen LogP contribution in [-0.2, 0) is 20.9 Å². The number of nitrogens with zero attached hydrogens (tertiary/aromatic N) is 2. The zero-order valence-corrected chi connectivity index (χ0v) is 16.2. The number of aromatic nitrogens is 1. The molecule has 0 aliphatic heterocycles. The van der Waals surface area contributed by atoms with Crippen LogP contribution in [0.1, 0.15) is 18.9 Å². The molecule has 1 N–H and O–H groups in total. The fourth-order valence-electron chi connectivity index (χ4n) is 2.47. The second kappa shape index (κ2) is 8.29. The van der Waals surface area contributed by atoms with Gasteiger partial charge in [0.2, 0.25) is 0 Å². The predicted molar refractivity (Wildman–Crippen MR) is 103 cm³/mol. The summed E-state index contributed by atoms with van der Waals surface area (Å²) < 4.78 is 11.5. The van der Waals surface area contributed by atoms with Crippen molar-refractivity contribution in [1.29, 1.82) is 5.26 Å². The van der Waals surface area contributed by atoms with E-state index in [1.807, 2.05) is 6.07 Å². The van der Waals surface area contributed by atoms with Crippen LogP contribution in [0.3, 0.4) is 0 Å². The molecular formula is C18H14ClN3O5S. The number of halogens is 1. The summed E-state index contributed by atoms with van der Waals surface area (Å²) in [4.78, 5) is 36.1. The summed E-state index contributed by atoms with van der Waals surface area (Å²) in [5.74, 6) is -1.81. The molecule has 3 rings (SSSR count). The number of carbonyl (C=O) groups excluding carboxylic acids is 2. The van der Waals surface area contributed by atoms with Gasteiger partial charge in [0, 0.05) is 17.6 Å². The predicted octanol–water partition coefficient (Wildman–Crippen LogP) is 3.14. The van der Waals surface area contributed by atoms with Gasteiger partial charge in [-0.3, -0.25) is 14.2 Å². The Morgan fingerprint density at radius 3 is 2.96 bits per heavy atom. The summed E-state index contributed by atoms with van der Waals surface area (Å²) in [5.41, 5.74) is 1.17. The van der Waals surface area contributed by atoms with Crippen molar-refractivity contribution in [2.24, 2.45) is 0 Å². The lowest BCUT2D eigenvalue weighted by atomic mass is 10.3. The Kier molecular flexibility index (Phi) is 5.82. The summed E-state index contributed by atoms with van der Waals surface area (Å²) in [6.07, 6.45) is -1.19. The van der Waals surface area contributed by atoms with Crippen LogP contribution in [0.15, 0.2) is 38.9 Å². The average molecular weight is 420 g/mol. The zero-order valence-electron chi connectivity index (χ0n) is 14.6. The number of aryl methyl sites for hydroxylation is 1. The van der Waals surface area contributed by atoms with Gasteiger partial charge in [0.15, 0.2) is 11.7 Å². The first kappa shape index (κ1) is 19.7. The number of nitrogens with one attached hydrogen (secondary N) is 1. The lowest BCUT2D eigenvalue weighted by Crippen LogP contribution is -2.30. The fraction of sp³-hybridized carbons (Fsp3) is 0.222. The molecule has 0 radical (unpaired) electrons. The largest absolute Gasteiger partial charge is 0.452 e. The van der Waals surface area contributed by atoms with Crippen LogP contribution in [0, 0.1) is 11.3 Å². The minimum atomic E-state index is -1.06. The third kappa shape index (κ3) is 4.24. The molecule has 0 fully saturated rings. The van der Waals surface area contributed by atoms with E-state index < -0.39 is 23.7 Å². The number of carbonyl (C=O) groups is 2. The second-order valence-electron chi connectivity index (χ2n) is 5.78. The van der Waals surface area contributed by atoms with Crippen LogP contribution in [0.5, 0.6) is 0 Å². The number of hydrogen-bond acceptors (Lipinski definition) is 7. The minimum Gasteiger partial charge on any atom is -0.452 e. The quantitative estimate of drug-likeness (QED) is 0.614. The van der Waals surface area contributed by atoms with E-state index in [0.717, 1.165) is 0 Å². The first-order valence-electron chi connectivity index (χ1n) is 8.16. The third-order valence-corrected chi connectivity index (χ3v) is 4.93. The van der Waals surface area contributed by atoms with E-state index in [1.54, 1.807) is 23.6 Å². The molecule has 1 atom stereocenters. The minimum absolute atomic E-state index is 0.0319. The molecule has 144 valence electrons. The number of fused-ring (bicyclic) bond motifs is 1. The Morgan fingerprint density at radius 1 is 1.43 bits per heavy atom. The number of benzene rings is 1. The summed E-state index contributed by atoms with van der Waals surface area (Å²) >= 11 is 7.06. The van der Waals surface area contributed by atoms with Gasteiger partial charge in [-0.2, -0.15) is 5.26 Å². The Bertz CT molecular complexity index is 1140. The fourth-order valence-corrected chi connectivity index (χ4v) is 3.37. The maximum absolute atomic E-state index is 12.1. The lowest BCUT2D eigenvalue weighted by molar-refractivity contribution is -0.153. The lowest BCUT2D eigenvalue weighted by Gasteiger charge is -2.13. The maximum Gasteiger partial charge on any atom is 0.419 e. The molecule has 1 aromatic carbocycles. The first-order valence-corrected chi connectivity index (χ1v) is 9.41. The molecule has 0 unspecified atom stereocenters. The van der Waals surface area contributed by atoms with Gasteiger partial charge < -0.3 is 14.5 Å². The summed E-state index contributed by atoms with van der Waals surface area (Å²) in [6, 6.07) is 8.29. The molecule has 10 heteroatoms. The smallest absolute Gasteiger partial charge is 0.419 e. The standard InChI is InChI=1S/C18H14ClN3O5S/c1-10(16(24)21-17-11(9-20)5-7-28-17)26-15(23)4-6-22-13-3-2-12(19)8-14(13)27-18(22)25/h2-3,5,7-8,10H,4,6H2,1H3,(H,21,24)/t10-/m0/s1. The van der Waals surface area contributed by atoms with Crippen LogP contribution in [0.2, 0.25) is 5.02 Å². The van der Waals surface area contributed by atoms with Crippen LogP contribution < -0.4 is 11.1 Å². The van der Waals surface area contributed by atoms with E-state index in [0.29, 0.717) is 26.7 Å². The van der Waals surface area contributed by atoms with Crippen LogP contribution >= 0.6 is 22.9 Å². The molecule has 3 aromatic rings. The van der Waals surface area contributed by atoms with E-state index in [1.165, 1.54) is 28.9 Å². The normalized spacial score (nSPS) is 11.8. The van der Waals surface area contributed by atoms with Crippen LogP contribution in [0.25, 0.3) is 11.1 Å². The number of anilines is 1. The van der Waals surface area contributed by atoms with E-state index in [-0.39, 0.29) is 13.0 Å². The van der Waals surface area contributed by atoms with Gasteiger partial charge in [0.25, 0.3) is 5.91 Å². The number of hydrogen-bond donors (Lipinski definition) is 1. The van der Waals surface area contributed by atoms with Crippen molar-refractivity contribution in [3.8, 4) is 6.07 Å². The molecular weight excluding hydrogens is 406 g/mol. The maximum atomic E-state index is 12.1. The van der Waals surface area contributed by atoms with Crippen molar-refractivity contribution in [3.05, 3.63) is 50.8 Å². The van der Waals surface area contributed by atoms with Crippen LogP contribution in [-0.4, -0.2) is 22.5 Å². The number of oxazole rings is 1. The van der Waals surface area contributed by atoms with Crippen LogP contribution in [0.4, 0.5) is 5.00 Å². The number of thiophene rings is 1. The summed E-state index contributed by atoms with van der Waals surface area (Å²) in [6.45, 7) is 1.46. The van der Waals surface area contributed by atoms with Gasteiger partial charge in [-0.15, -0.1) is 11.3 Å². The molecule has 0 aliphatic rings. The SMILES string of the molecule is C[C@H](OC(=O)CCn1c(=O)oc2cc(Cl)ccc21)C(=O)Nc1sccc1C#N. The number of rotatable bonds is 6. The molecule has 0 saturated heterocycles. The van der Waals surface area contributed by atoms with E-state index in [2.05, 4.69) is 5.32 Å². The average Bonchev–Trinajstić information content (AvgIpc) is 3.22. The van der Waals surface area contributed by atoms with Gasteiger partial charge in [-0.05, 0) is 30.5 Å². The Labute approximate surface area is 167 Å². The summed E-state index contributed by atoms with van der Waals surface area (Å²) in [7, 11) is 0. The number of esters is 1. The molecule has 8 nitrogen and oxygen atoms in total. The number of amides is 1. The van der Waals surface area contributed by atoms with Crippen molar-refractivity contribution >= 4 is 50.9 Å². The monoisotopic (exact) mass is 419 g/mol. The number of nitriles is 1. The zero-order chi connectivity index (χ0) is 20.3. The van der Waals surface area contributed by atoms with Crippen molar-refractivity contribution in [3.63, 3.8) is 0 Å². The highest BCUT2D eigenvalue weighted by Crippen LogP contribution is 2.22.